The minimum Gasteiger partial charge on any atom is -0.497 e. The maximum Gasteiger partial charge on any atom is 0.341 e. The Bertz CT molecular complexity index is 1210. The molecular weight excluding hydrogens is 451 g/mol. The van der Waals surface area contributed by atoms with Gasteiger partial charge in [0.15, 0.2) is 0 Å². The van der Waals surface area contributed by atoms with Crippen LogP contribution in [0.5, 0.6) is 11.5 Å². The summed E-state index contributed by atoms with van der Waals surface area (Å²) in [7, 11) is 4.16. The van der Waals surface area contributed by atoms with Crippen molar-refractivity contribution in [1.29, 1.82) is 0 Å². The minimum absolute atomic E-state index is 0.0562. The summed E-state index contributed by atoms with van der Waals surface area (Å²) in [5, 5.41) is 5.49. The Kier molecular flexibility index (Phi) is 7.29. The average molecular weight is 472 g/mol. The number of thiophene rings is 1. The Labute approximate surface area is 193 Å². The lowest BCUT2D eigenvalue weighted by molar-refractivity contribution is 0.0601. The number of carbonyl (C=O) groups is 3. The zero-order valence-corrected chi connectivity index (χ0v) is 19.1. The number of anilines is 2. The molecule has 33 heavy (non-hydrogen) atoms. The first-order chi connectivity index (χ1) is 15.8. The first-order valence-electron chi connectivity index (χ1n) is 9.61. The standard InChI is InChI=1S/C23H21FN2O6S/c1-12-18(23(29)32-4)22(26-20(27)13-5-7-14(24)8-6-13)33-19(12)21(28)25-16-11-15(30-2)9-10-17(16)31-3/h5-11H,1-4H3,(H,25,28)(H,26,27). The molecule has 1 heterocycles. The van der Waals surface area contributed by atoms with Crippen molar-refractivity contribution in [2.75, 3.05) is 32.0 Å². The first-order valence-corrected chi connectivity index (χ1v) is 10.4. The monoisotopic (exact) mass is 472 g/mol. The summed E-state index contributed by atoms with van der Waals surface area (Å²) in [4.78, 5) is 38.3. The number of benzene rings is 2. The second-order valence-electron chi connectivity index (χ2n) is 6.73. The van der Waals surface area contributed by atoms with Crippen molar-refractivity contribution in [3.05, 3.63) is 69.8 Å². The Hall–Kier alpha value is -3.92. The molecule has 2 amide bonds. The van der Waals surface area contributed by atoms with Gasteiger partial charge in [-0.05, 0) is 48.9 Å². The van der Waals surface area contributed by atoms with Crippen molar-refractivity contribution in [3.8, 4) is 11.5 Å². The minimum atomic E-state index is -0.712. The van der Waals surface area contributed by atoms with Crippen LogP contribution in [-0.2, 0) is 4.74 Å². The number of hydrogen-bond donors (Lipinski definition) is 2. The van der Waals surface area contributed by atoms with Crippen LogP contribution in [0, 0.1) is 12.7 Å². The highest BCUT2D eigenvalue weighted by molar-refractivity contribution is 7.19. The van der Waals surface area contributed by atoms with E-state index in [0.717, 1.165) is 23.5 Å². The van der Waals surface area contributed by atoms with Crippen LogP contribution in [0.4, 0.5) is 15.1 Å². The summed E-state index contributed by atoms with van der Waals surface area (Å²) in [6, 6.07) is 9.84. The quantitative estimate of drug-likeness (QED) is 0.491. The van der Waals surface area contributed by atoms with Crippen LogP contribution in [0.1, 0.15) is 36.0 Å². The summed E-state index contributed by atoms with van der Waals surface area (Å²) in [5.41, 5.74) is 0.942. The number of ether oxygens (including phenoxy) is 3. The number of methoxy groups -OCH3 is 3. The second-order valence-corrected chi connectivity index (χ2v) is 7.75. The molecule has 0 aliphatic heterocycles. The molecule has 2 aromatic carbocycles. The number of nitrogens with one attached hydrogen (secondary N) is 2. The van der Waals surface area contributed by atoms with Crippen molar-refractivity contribution in [2.24, 2.45) is 0 Å². The predicted octanol–water partition coefficient (Wildman–Crippen LogP) is 4.50. The Morgan fingerprint density at radius 2 is 1.61 bits per heavy atom. The van der Waals surface area contributed by atoms with Crippen LogP contribution in [0.25, 0.3) is 0 Å². The van der Waals surface area contributed by atoms with E-state index < -0.39 is 23.6 Å². The molecule has 0 aliphatic carbocycles. The summed E-state index contributed by atoms with van der Waals surface area (Å²) in [5.74, 6) is -1.36. The van der Waals surface area contributed by atoms with Gasteiger partial charge in [-0.15, -0.1) is 11.3 Å². The Morgan fingerprint density at radius 1 is 0.909 bits per heavy atom. The van der Waals surface area contributed by atoms with Crippen LogP contribution in [-0.4, -0.2) is 39.1 Å². The third-order valence-electron chi connectivity index (χ3n) is 4.73. The predicted molar refractivity (Wildman–Crippen MR) is 122 cm³/mol. The van der Waals surface area contributed by atoms with E-state index in [0.29, 0.717) is 22.7 Å². The van der Waals surface area contributed by atoms with Crippen molar-refractivity contribution < 1.29 is 33.0 Å². The molecule has 0 unspecified atom stereocenters. The molecule has 0 bridgehead atoms. The lowest BCUT2D eigenvalue weighted by Crippen LogP contribution is -2.14. The molecule has 0 spiro atoms. The fourth-order valence-corrected chi connectivity index (χ4v) is 4.12. The van der Waals surface area contributed by atoms with Crippen molar-refractivity contribution >= 4 is 39.8 Å². The van der Waals surface area contributed by atoms with Gasteiger partial charge in [-0.25, -0.2) is 9.18 Å². The van der Waals surface area contributed by atoms with E-state index in [1.807, 2.05) is 0 Å². The summed E-state index contributed by atoms with van der Waals surface area (Å²) in [6.07, 6.45) is 0. The van der Waals surface area contributed by atoms with Crippen molar-refractivity contribution in [1.82, 2.24) is 0 Å². The molecule has 0 aliphatic rings. The maximum atomic E-state index is 13.2. The molecule has 0 saturated heterocycles. The molecule has 2 N–H and O–H groups in total. The number of hydrogen-bond acceptors (Lipinski definition) is 7. The van der Waals surface area contributed by atoms with E-state index in [1.54, 1.807) is 25.1 Å². The fourth-order valence-electron chi connectivity index (χ4n) is 3.03. The number of halogens is 1. The van der Waals surface area contributed by atoms with E-state index in [4.69, 9.17) is 14.2 Å². The van der Waals surface area contributed by atoms with Gasteiger partial charge in [0.25, 0.3) is 11.8 Å². The van der Waals surface area contributed by atoms with Crippen LogP contribution < -0.4 is 20.1 Å². The highest BCUT2D eigenvalue weighted by Gasteiger charge is 2.27. The van der Waals surface area contributed by atoms with Gasteiger partial charge in [0.2, 0.25) is 0 Å². The SMILES string of the molecule is COC(=O)c1c(NC(=O)c2ccc(F)cc2)sc(C(=O)Nc2cc(OC)ccc2OC)c1C. The average Bonchev–Trinajstić information content (AvgIpc) is 3.14. The van der Waals surface area contributed by atoms with Crippen molar-refractivity contribution in [2.45, 2.75) is 6.92 Å². The van der Waals surface area contributed by atoms with E-state index in [9.17, 15) is 18.8 Å². The van der Waals surface area contributed by atoms with E-state index in [-0.39, 0.29) is 21.0 Å². The molecule has 10 heteroatoms. The molecule has 0 saturated carbocycles. The number of amides is 2. The van der Waals surface area contributed by atoms with Crippen LogP contribution >= 0.6 is 11.3 Å². The van der Waals surface area contributed by atoms with E-state index >= 15 is 0 Å². The zero-order chi connectivity index (χ0) is 24.1. The van der Waals surface area contributed by atoms with Gasteiger partial charge in [0.1, 0.15) is 22.3 Å². The zero-order valence-electron chi connectivity index (χ0n) is 18.3. The topological polar surface area (TPSA) is 103 Å². The first kappa shape index (κ1) is 23.7. The summed E-state index contributed by atoms with van der Waals surface area (Å²) >= 11 is 0.916. The highest BCUT2D eigenvalue weighted by Crippen LogP contribution is 2.36. The molecule has 172 valence electrons. The third kappa shape index (κ3) is 5.12. The Balaban J connectivity index is 1.95. The second kappa shape index (κ2) is 10.1. The largest absolute Gasteiger partial charge is 0.497 e. The lowest BCUT2D eigenvalue weighted by Gasteiger charge is -2.11. The summed E-state index contributed by atoms with van der Waals surface area (Å²) < 4.78 is 28.5. The van der Waals surface area contributed by atoms with Crippen LogP contribution in [0.2, 0.25) is 0 Å². The van der Waals surface area contributed by atoms with E-state index in [2.05, 4.69) is 10.6 Å². The van der Waals surface area contributed by atoms with Crippen LogP contribution in [0.3, 0.4) is 0 Å². The molecule has 8 nitrogen and oxygen atoms in total. The smallest absolute Gasteiger partial charge is 0.341 e. The van der Waals surface area contributed by atoms with E-state index in [1.165, 1.54) is 33.5 Å². The summed E-state index contributed by atoms with van der Waals surface area (Å²) in [6.45, 7) is 1.58. The van der Waals surface area contributed by atoms with Gasteiger partial charge in [-0.2, -0.15) is 0 Å². The van der Waals surface area contributed by atoms with Crippen molar-refractivity contribution in [3.63, 3.8) is 0 Å². The normalized spacial score (nSPS) is 10.3. The molecule has 3 aromatic rings. The molecular formula is C23H21FN2O6S. The van der Waals surface area contributed by atoms with Gasteiger partial charge in [-0.1, -0.05) is 0 Å². The van der Waals surface area contributed by atoms with Gasteiger partial charge >= 0.3 is 5.97 Å². The molecule has 0 fully saturated rings. The molecule has 1 aromatic heterocycles. The van der Waals surface area contributed by atoms with Gasteiger partial charge in [0, 0.05) is 11.6 Å². The Morgan fingerprint density at radius 3 is 2.21 bits per heavy atom. The van der Waals surface area contributed by atoms with Crippen LogP contribution in [0.15, 0.2) is 42.5 Å². The maximum absolute atomic E-state index is 13.2. The third-order valence-corrected chi connectivity index (χ3v) is 5.94. The molecule has 0 radical (unpaired) electrons. The van der Waals surface area contributed by atoms with Gasteiger partial charge < -0.3 is 24.8 Å². The number of esters is 1. The fraction of sp³-hybridized carbons (Fsp3) is 0.174. The number of rotatable bonds is 7. The molecule has 3 rings (SSSR count). The van der Waals surface area contributed by atoms with Gasteiger partial charge in [-0.3, -0.25) is 9.59 Å². The number of carbonyl (C=O) groups excluding carboxylic acids is 3. The highest BCUT2D eigenvalue weighted by atomic mass is 32.1. The lowest BCUT2D eigenvalue weighted by atomic mass is 10.1. The molecule has 0 atom stereocenters. The van der Waals surface area contributed by atoms with Gasteiger partial charge in [0.05, 0.1) is 37.5 Å².